The van der Waals surface area contributed by atoms with E-state index in [1.165, 1.54) is 0 Å². The Balaban J connectivity index is 2.68. The number of ketones is 1. The van der Waals surface area contributed by atoms with Gasteiger partial charge in [0.1, 0.15) is 0 Å². The van der Waals surface area contributed by atoms with Crippen LogP contribution in [-0.4, -0.2) is 17.8 Å². The van der Waals surface area contributed by atoms with Crippen molar-refractivity contribution in [2.45, 2.75) is 11.8 Å². The summed E-state index contributed by atoms with van der Waals surface area (Å²) >= 11 is 5.68. The minimum absolute atomic E-state index is 0.0787. The van der Waals surface area contributed by atoms with E-state index in [2.05, 4.69) is 0 Å². The van der Waals surface area contributed by atoms with Crippen molar-refractivity contribution in [2.75, 3.05) is 6.67 Å². The lowest BCUT2D eigenvalue weighted by molar-refractivity contribution is 0.0981. The van der Waals surface area contributed by atoms with E-state index < -0.39 is 12.1 Å². The molecule has 0 saturated heterocycles. The molecule has 1 rings (SSSR count). The van der Waals surface area contributed by atoms with Crippen molar-refractivity contribution in [3.63, 3.8) is 0 Å². The molecule has 0 aromatic heterocycles. The molecule has 0 aliphatic rings. The average Bonchev–Trinajstić information content (AvgIpc) is 2.18. The second-order valence-corrected chi connectivity index (χ2v) is 3.20. The van der Waals surface area contributed by atoms with Crippen LogP contribution < -0.4 is 0 Å². The lowest BCUT2D eigenvalue weighted by atomic mass is 10.1. The fourth-order valence-electron chi connectivity index (χ4n) is 1.01. The van der Waals surface area contributed by atoms with Gasteiger partial charge in [-0.3, -0.25) is 9.18 Å². The normalized spacial score (nSPS) is 12.5. The van der Waals surface area contributed by atoms with Crippen LogP contribution in [0.25, 0.3) is 0 Å². The molecule has 70 valence electrons. The first-order valence-corrected chi connectivity index (χ1v) is 4.48. The van der Waals surface area contributed by atoms with Gasteiger partial charge in [-0.1, -0.05) is 30.3 Å². The van der Waals surface area contributed by atoms with Crippen molar-refractivity contribution in [3.8, 4) is 0 Å². The molecule has 1 nitrogen and oxygen atoms in total. The van der Waals surface area contributed by atoms with Crippen molar-refractivity contribution in [1.82, 2.24) is 0 Å². The third-order valence-electron chi connectivity index (χ3n) is 1.71. The molecule has 13 heavy (non-hydrogen) atoms. The lowest BCUT2D eigenvalue weighted by Gasteiger charge is -2.05. The van der Waals surface area contributed by atoms with Crippen molar-refractivity contribution < 1.29 is 9.18 Å². The number of hydrogen-bond donors (Lipinski definition) is 0. The number of benzene rings is 1. The van der Waals surface area contributed by atoms with Crippen LogP contribution in [0, 0.1) is 0 Å². The van der Waals surface area contributed by atoms with Crippen LogP contribution in [0.5, 0.6) is 0 Å². The zero-order valence-electron chi connectivity index (χ0n) is 7.04. The van der Waals surface area contributed by atoms with Crippen LogP contribution in [0.3, 0.4) is 0 Å². The number of hydrogen-bond acceptors (Lipinski definition) is 1. The van der Waals surface area contributed by atoms with Gasteiger partial charge in [0.25, 0.3) is 0 Å². The molecule has 0 amide bonds. The van der Waals surface area contributed by atoms with Gasteiger partial charge in [0.15, 0.2) is 5.78 Å². The maximum Gasteiger partial charge on any atom is 0.180 e. The third kappa shape index (κ3) is 2.81. The Bertz CT molecular complexity index is 274. The van der Waals surface area contributed by atoms with Crippen LogP contribution in [0.15, 0.2) is 30.3 Å². The van der Waals surface area contributed by atoms with Crippen LogP contribution in [0.1, 0.15) is 16.8 Å². The highest BCUT2D eigenvalue weighted by molar-refractivity contribution is 6.33. The van der Waals surface area contributed by atoms with E-state index in [1.807, 2.05) is 6.07 Å². The quantitative estimate of drug-likeness (QED) is 0.540. The number of carbonyl (C=O) groups is 1. The third-order valence-corrected chi connectivity index (χ3v) is 2.12. The van der Waals surface area contributed by atoms with E-state index in [9.17, 15) is 9.18 Å². The fourth-order valence-corrected chi connectivity index (χ4v) is 1.22. The maximum atomic E-state index is 11.9. The van der Waals surface area contributed by atoms with Gasteiger partial charge in [-0.15, -0.1) is 11.6 Å². The first-order chi connectivity index (χ1) is 6.25. The summed E-state index contributed by atoms with van der Waals surface area (Å²) in [5.41, 5.74) is 0.538. The second kappa shape index (κ2) is 4.97. The van der Waals surface area contributed by atoms with Gasteiger partial charge in [0, 0.05) is 5.56 Å². The summed E-state index contributed by atoms with van der Waals surface area (Å²) in [5, 5.41) is -0.743. The first kappa shape index (κ1) is 10.2. The van der Waals surface area contributed by atoms with Gasteiger partial charge < -0.3 is 0 Å². The topological polar surface area (TPSA) is 17.1 Å². The van der Waals surface area contributed by atoms with Crippen LogP contribution in [-0.2, 0) is 0 Å². The first-order valence-electron chi connectivity index (χ1n) is 4.05. The Kier molecular flexibility index (Phi) is 3.90. The molecule has 0 heterocycles. The molecule has 0 bridgehead atoms. The van der Waals surface area contributed by atoms with Gasteiger partial charge in [0.05, 0.1) is 12.1 Å². The smallest absolute Gasteiger partial charge is 0.180 e. The zero-order valence-corrected chi connectivity index (χ0v) is 7.80. The Morgan fingerprint density at radius 3 is 2.54 bits per heavy atom. The Hall–Kier alpha value is -0.890. The maximum absolute atomic E-state index is 11.9. The molecule has 0 aliphatic heterocycles. The highest BCUT2D eigenvalue weighted by Gasteiger charge is 2.16. The van der Waals surface area contributed by atoms with Gasteiger partial charge in [-0.05, 0) is 6.42 Å². The number of halogens is 2. The van der Waals surface area contributed by atoms with E-state index in [1.54, 1.807) is 24.3 Å². The van der Waals surface area contributed by atoms with E-state index in [0.29, 0.717) is 5.56 Å². The van der Waals surface area contributed by atoms with E-state index in [4.69, 9.17) is 11.6 Å². The summed E-state index contributed by atoms with van der Waals surface area (Å²) in [4.78, 5) is 11.4. The number of carbonyl (C=O) groups excluding carboxylic acids is 1. The van der Waals surface area contributed by atoms with Gasteiger partial charge in [-0.25, -0.2) is 0 Å². The molecule has 1 aromatic rings. The largest absolute Gasteiger partial charge is 0.293 e. The standard InChI is InChI=1S/C10H10ClFO/c11-9(6-7-12)10(13)8-4-2-1-3-5-8/h1-5,9H,6-7H2. The minimum Gasteiger partial charge on any atom is -0.293 e. The summed E-state index contributed by atoms with van der Waals surface area (Å²) in [6, 6.07) is 8.68. The van der Waals surface area contributed by atoms with E-state index in [-0.39, 0.29) is 12.2 Å². The summed E-state index contributed by atoms with van der Waals surface area (Å²) < 4.78 is 11.9. The van der Waals surface area contributed by atoms with Crippen molar-refractivity contribution in [3.05, 3.63) is 35.9 Å². The molecule has 3 heteroatoms. The number of Topliss-reactive ketones (excluding diaryl/α,β-unsaturated/α-hetero) is 1. The average molecular weight is 201 g/mol. The van der Waals surface area contributed by atoms with Crippen molar-refractivity contribution in [1.29, 1.82) is 0 Å². The van der Waals surface area contributed by atoms with Crippen LogP contribution in [0.4, 0.5) is 4.39 Å². The van der Waals surface area contributed by atoms with Gasteiger partial charge >= 0.3 is 0 Å². The number of rotatable bonds is 4. The molecule has 1 unspecified atom stereocenters. The molecule has 1 aromatic carbocycles. The molecule has 0 saturated carbocycles. The Labute approximate surface area is 81.5 Å². The molecule has 0 fully saturated rings. The molecule has 0 spiro atoms. The van der Waals surface area contributed by atoms with E-state index >= 15 is 0 Å². The van der Waals surface area contributed by atoms with Gasteiger partial charge in [0.2, 0.25) is 0 Å². The Morgan fingerprint density at radius 2 is 2.00 bits per heavy atom. The highest BCUT2D eigenvalue weighted by atomic mass is 35.5. The molecular formula is C10H10ClFO. The Morgan fingerprint density at radius 1 is 1.38 bits per heavy atom. The van der Waals surface area contributed by atoms with Gasteiger partial charge in [-0.2, -0.15) is 0 Å². The predicted octanol–water partition coefficient (Wildman–Crippen LogP) is 2.84. The second-order valence-electron chi connectivity index (χ2n) is 2.68. The molecule has 0 radical (unpaired) electrons. The highest BCUT2D eigenvalue weighted by Crippen LogP contribution is 2.11. The van der Waals surface area contributed by atoms with Crippen LogP contribution in [0.2, 0.25) is 0 Å². The summed E-state index contributed by atoms with van der Waals surface area (Å²) in [6.07, 6.45) is 0.0787. The summed E-state index contributed by atoms with van der Waals surface area (Å²) in [7, 11) is 0. The molecule has 0 N–H and O–H groups in total. The minimum atomic E-state index is -0.743. The molecule has 0 aliphatic carbocycles. The fraction of sp³-hybridized carbons (Fsp3) is 0.300. The van der Waals surface area contributed by atoms with Crippen molar-refractivity contribution >= 4 is 17.4 Å². The van der Waals surface area contributed by atoms with Crippen LogP contribution >= 0.6 is 11.6 Å². The lowest BCUT2D eigenvalue weighted by Crippen LogP contribution is -2.15. The predicted molar refractivity (Wildman–Crippen MR) is 51.0 cm³/mol. The summed E-state index contributed by atoms with van der Waals surface area (Å²) in [6.45, 7) is -0.563. The molecular weight excluding hydrogens is 191 g/mol. The molecule has 1 atom stereocenters. The SMILES string of the molecule is O=C(c1ccccc1)C(Cl)CCF. The summed E-state index contributed by atoms with van der Waals surface area (Å²) in [5.74, 6) is -0.208. The van der Waals surface area contributed by atoms with Crippen molar-refractivity contribution in [2.24, 2.45) is 0 Å². The monoisotopic (exact) mass is 200 g/mol. The zero-order chi connectivity index (χ0) is 9.68. The van der Waals surface area contributed by atoms with E-state index in [0.717, 1.165) is 0 Å². The number of alkyl halides is 2.